The summed E-state index contributed by atoms with van der Waals surface area (Å²) in [5.74, 6) is 2.03. The molecular formula is C25H33N2O4+. The molecule has 6 nitrogen and oxygen atoms in total. The van der Waals surface area contributed by atoms with Crippen molar-refractivity contribution in [1.82, 2.24) is 4.90 Å². The summed E-state index contributed by atoms with van der Waals surface area (Å²) in [6.07, 6.45) is 1.92. The number of hydrogen-bond acceptors (Lipinski definition) is 4. The number of hydrogen-bond donors (Lipinski definition) is 1. The van der Waals surface area contributed by atoms with Gasteiger partial charge < -0.3 is 24.0 Å². The van der Waals surface area contributed by atoms with Crippen molar-refractivity contribution >= 4 is 5.91 Å². The van der Waals surface area contributed by atoms with E-state index < -0.39 is 0 Å². The number of carbonyl (C=O) groups excluding carboxylic acids is 1. The van der Waals surface area contributed by atoms with E-state index in [-0.39, 0.29) is 5.92 Å². The largest absolute Gasteiger partial charge is 0.493 e. The third kappa shape index (κ3) is 5.77. The zero-order chi connectivity index (χ0) is 21.5. The molecule has 2 heterocycles. The van der Waals surface area contributed by atoms with E-state index in [2.05, 4.69) is 24.3 Å². The Balaban J connectivity index is 1.29. The van der Waals surface area contributed by atoms with Gasteiger partial charge in [-0.05, 0) is 23.8 Å². The lowest BCUT2D eigenvalue weighted by molar-refractivity contribution is -0.919. The maximum absolute atomic E-state index is 12.7. The quantitative estimate of drug-likeness (QED) is 0.737. The minimum atomic E-state index is 0.171. The van der Waals surface area contributed by atoms with Crippen molar-refractivity contribution < 1.29 is 23.9 Å². The van der Waals surface area contributed by atoms with Crippen LogP contribution in [0.5, 0.6) is 11.5 Å². The number of likely N-dealkylation sites (tertiary alicyclic amines) is 1. The van der Waals surface area contributed by atoms with E-state index in [0.717, 1.165) is 62.6 Å². The number of nitrogens with one attached hydrogen (secondary N) is 1. The van der Waals surface area contributed by atoms with Crippen molar-refractivity contribution in [2.24, 2.45) is 5.92 Å². The van der Waals surface area contributed by atoms with Crippen LogP contribution in [-0.2, 0) is 22.7 Å². The SMILES string of the molecule is COc1cc(C[NH+]2CCC(C(=O)N3CCOCC3)CC2)ccc1OCc1ccccc1. The monoisotopic (exact) mass is 425 g/mol. The highest BCUT2D eigenvalue weighted by atomic mass is 16.5. The number of carbonyl (C=O) groups is 1. The van der Waals surface area contributed by atoms with Gasteiger partial charge in [0.15, 0.2) is 11.5 Å². The molecule has 0 bridgehead atoms. The van der Waals surface area contributed by atoms with Gasteiger partial charge in [0.25, 0.3) is 0 Å². The van der Waals surface area contributed by atoms with Gasteiger partial charge in [0, 0.05) is 37.4 Å². The summed E-state index contributed by atoms with van der Waals surface area (Å²) in [4.78, 5) is 16.2. The molecule has 2 aromatic carbocycles. The lowest BCUT2D eigenvalue weighted by atomic mass is 9.94. The van der Waals surface area contributed by atoms with Crippen LogP contribution in [0.4, 0.5) is 0 Å². The van der Waals surface area contributed by atoms with Gasteiger partial charge >= 0.3 is 0 Å². The molecule has 2 fully saturated rings. The molecule has 2 aliphatic rings. The fraction of sp³-hybridized carbons (Fsp3) is 0.480. The molecule has 4 rings (SSSR count). The first-order valence-corrected chi connectivity index (χ1v) is 11.3. The molecule has 0 unspecified atom stereocenters. The van der Waals surface area contributed by atoms with Gasteiger partial charge in [-0.25, -0.2) is 0 Å². The summed E-state index contributed by atoms with van der Waals surface area (Å²) < 4.78 is 16.9. The number of morpholine rings is 1. The van der Waals surface area contributed by atoms with Gasteiger partial charge in [-0.3, -0.25) is 4.79 Å². The Labute approximate surface area is 184 Å². The van der Waals surface area contributed by atoms with Gasteiger partial charge in [-0.2, -0.15) is 0 Å². The number of benzene rings is 2. The van der Waals surface area contributed by atoms with Crippen LogP contribution in [0.2, 0.25) is 0 Å². The second kappa shape index (κ2) is 10.6. The Morgan fingerprint density at radius 1 is 1.03 bits per heavy atom. The summed E-state index contributed by atoms with van der Waals surface area (Å²) >= 11 is 0. The average molecular weight is 426 g/mol. The molecule has 1 amide bonds. The first-order valence-electron chi connectivity index (χ1n) is 11.3. The molecule has 6 heteroatoms. The molecule has 31 heavy (non-hydrogen) atoms. The van der Waals surface area contributed by atoms with Crippen LogP contribution >= 0.6 is 0 Å². The van der Waals surface area contributed by atoms with Crippen molar-refractivity contribution in [2.45, 2.75) is 26.0 Å². The third-order valence-corrected chi connectivity index (χ3v) is 6.28. The van der Waals surface area contributed by atoms with Gasteiger partial charge in [-0.1, -0.05) is 30.3 Å². The minimum Gasteiger partial charge on any atom is -0.493 e. The van der Waals surface area contributed by atoms with Crippen LogP contribution in [-0.4, -0.2) is 57.3 Å². The molecule has 0 saturated carbocycles. The molecule has 0 radical (unpaired) electrons. The Bertz CT molecular complexity index is 844. The Morgan fingerprint density at radius 3 is 2.48 bits per heavy atom. The standard InChI is InChI=1S/C25H32N2O4/c1-29-24-17-21(7-8-23(24)31-19-20-5-3-2-4-6-20)18-26-11-9-22(10-12-26)25(28)27-13-15-30-16-14-27/h2-8,17,22H,9-16,18-19H2,1H3/p+1. The molecule has 0 aliphatic carbocycles. The second-order valence-corrected chi connectivity index (χ2v) is 8.40. The second-order valence-electron chi connectivity index (χ2n) is 8.40. The Hall–Kier alpha value is -2.57. The van der Waals surface area contributed by atoms with Gasteiger partial charge in [0.2, 0.25) is 5.91 Å². The Morgan fingerprint density at radius 2 is 1.77 bits per heavy atom. The van der Waals surface area contributed by atoms with Gasteiger partial charge in [0.05, 0.1) is 33.4 Å². The van der Waals surface area contributed by atoms with E-state index in [1.807, 2.05) is 29.2 Å². The number of amides is 1. The normalized spacial score (nSPS) is 21.5. The van der Waals surface area contributed by atoms with Crippen LogP contribution in [0.15, 0.2) is 48.5 Å². The summed E-state index contributed by atoms with van der Waals surface area (Å²) in [5.41, 5.74) is 2.37. The van der Waals surface area contributed by atoms with E-state index in [1.165, 1.54) is 10.5 Å². The summed E-state index contributed by atoms with van der Waals surface area (Å²) in [6.45, 7) is 6.32. The van der Waals surface area contributed by atoms with E-state index in [1.54, 1.807) is 7.11 Å². The maximum atomic E-state index is 12.7. The van der Waals surface area contributed by atoms with Crippen LogP contribution in [0.3, 0.4) is 0 Å². The average Bonchev–Trinajstić information content (AvgIpc) is 2.84. The van der Waals surface area contributed by atoms with E-state index in [0.29, 0.717) is 25.7 Å². The smallest absolute Gasteiger partial charge is 0.226 e. The number of piperidine rings is 1. The molecular weight excluding hydrogens is 392 g/mol. The molecule has 2 aromatic rings. The highest BCUT2D eigenvalue weighted by Gasteiger charge is 2.31. The number of nitrogens with zero attached hydrogens (tertiary/aromatic N) is 1. The predicted octanol–water partition coefficient (Wildman–Crippen LogP) is 1.93. The summed E-state index contributed by atoms with van der Waals surface area (Å²) in [5, 5.41) is 0. The van der Waals surface area contributed by atoms with Crippen LogP contribution in [0, 0.1) is 5.92 Å². The first kappa shape index (κ1) is 21.7. The van der Waals surface area contributed by atoms with Crippen molar-refractivity contribution in [1.29, 1.82) is 0 Å². The molecule has 166 valence electrons. The number of quaternary nitrogens is 1. The van der Waals surface area contributed by atoms with Crippen molar-refractivity contribution in [3.05, 3.63) is 59.7 Å². The Kier molecular flexibility index (Phi) is 7.43. The van der Waals surface area contributed by atoms with E-state index >= 15 is 0 Å². The van der Waals surface area contributed by atoms with Crippen molar-refractivity contribution in [2.75, 3.05) is 46.5 Å². The highest BCUT2D eigenvalue weighted by molar-refractivity contribution is 5.79. The van der Waals surface area contributed by atoms with Crippen LogP contribution < -0.4 is 14.4 Å². The molecule has 1 N–H and O–H groups in total. The molecule has 2 aliphatic heterocycles. The summed E-state index contributed by atoms with van der Waals surface area (Å²) in [6, 6.07) is 16.3. The van der Waals surface area contributed by atoms with Crippen molar-refractivity contribution in [3.8, 4) is 11.5 Å². The van der Waals surface area contributed by atoms with Crippen LogP contribution in [0.1, 0.15) is 24.0 Å². The predicted molar refractivity (Wildman–Crippen MR) is 118 cm³/mol. The summed E-state index contributed by atoms with van der Waals surface area (Å²) in [7, 11) is 1.68. The van der Waals surface area contributed by atoms with Gasteiger partial charge in [0.1, 0.15) is 13.2 Å². The highest BCUT2D eigenvalue weighted by Crippen LogP contribution is 2.28. The number of ether oxygens (including phenoxy) is 3. The zero-order valence-corrected chi connectivity index (χ0v) is 18.3. The maximum Gasteiger partial charge on any atom is 0.226 e. The fourth-order valence-corrected chi connectivity index (χ4v) is 4.46. The van der Waals surface area contributed by atoms with E-state index in [4.69, 9.17) is 14.2 Å². The topological polar surface area (TPSA) is 52.4 Å². The fourth-order valence-electron chi connectivity index (χ4n) is 4.46. The lowest BCUT2D eigenvalue weighted by Crippen LogP contribution is -3.11. The van der Waals surface area contributed by atoms with E-state index in [9.17, 15) is 4.79 Å². The van der Waals surface area contributed by atoms with Crippen LogP contribution in [0.25, 0.3) is 0 Å². The molecule has 0 aromatic heterocycles. The minimum absolute atomic E-state index is 0.171. The van der Waals surface area contributed by atoms with Crippen molar-refractivity contribution in [3.63, 3.8) is 0 Å². The number of rotatable bonds is 7. The zero-order valence-electron chi connectivity index (χ0n) is 18.3. The lowest BCUT2D eigenvalue weighted by Gasteiger charge is -2.34. The third-order valence-electron chi connectivity index (χ3n) is 6.28. The molecule has 0 spiro atoms. The first-order chi connectivity index (χ1) is 15.2. The number of methoxy groups -OCH3 is 1. The molecule has 2 saturated heterocycles. The molecule has 0 atom stereocenters. The van der Waals surface area contributed by atoms with Gasteiger partial charge in [-0.15, -0.1) is 0 Å².